The maximum atomic E-state index is 11.8. The predicted octanol–water partition coefficient (Wildman–Crippen LogP) is 1.03. The summed E-state index contributed by atoms with van der Waals surface area (Å²) in [6.45, 7) is 12.0. The Hall–Kier alpha value is -1.14. The van der Waals surface area contributed by atoms with E-state index in [1.165, 1.54) is 6.42 Å². The highest BCUT2D eigenvalue weighted by atomic mass is 16.2. The average molecular weight is 310 g/mol. The number of piperazine rings is 1. The smallest absolute Gasteiger partial charge is 0.321 e. The van der Waals surface area contributed by atoms with Crippen LogP contribution in [-0.4, -0.2) is 67.0 Å². The molecule has 3 amide bonds. The number of hydrogen-bond acceptors (Lipinski definition) is 4. The maximum Gasteiger partial charge on any atom is 0.321 e. The van der Waals surface area contributed by atoms with Gasteiger partial charge >= 0.3 is 6.03 Å². The van der Waals surface area contributed by atoms with Gasteiger partial charge in [-0.1, -0.05) is 20.8 Å². The Morgan fingerprint density at radius 3 is 2.18 bits per heavy atom. The van der Waals surface area contributed by atoms with E-state index in [4.69, 9.17) is 0 Å². The van der Waals surface area contributed by atoms with Crippen molar-refractivity contribution in [3.05, 3.63) is 0 Å². The third-order valence-electron chi connectivity index (χ3n) is 4.18. The van der Waals surface area contributed by atoms with Gasteiger partial charge < -0.3 is 10.2 Å². The number of rotatable bonds is 5. The van der Waals surface area contributed by atoms with Crippen LogP contribution >= 0.6 is 0 Å². The Bertz CT molecular complexity index is 393. The molecule has 2 fully saturated rings. The van der Waals surface area contributed by atoms with Gasteiger partial charge in [0.1, 0.15) is 0 Å². The van der Waals surface area contributed by atoms with Gasteiger partial charge in [-0.3, -0.25) is 15.0 Å². The van der Waals surface area contributed by atoms with Crippen LogP contribution in [0.5, 0.6) is 0 Å². The molecule has 0 unspecified atom stereocenters. The minimum absolute atomic E-state index is 0.207. The lowest BCUT2D eigenvalue weighted by atomic mass is 9.92. The number of carbonyl (C=O) groups excluding carboxylic acids is 2. The van der Waals surface area contributed by atoms with Crippen LogP contribution in [0.3, 0.4) is 0 Å². The summed E-state index contributed by atoms with van der Waals surface area (Å²) in [5.41, 5.74) is 0.367. The second-order valence-electron chi connectivity index (χ2n) is 7.72. The minimum atomic E-state index is -0.351. The van der Waals surface area contributed by atoms with E-state index in [2.05, 4.69) is 41.2 Å². The number of urea groups is 1. The Kier molecular flexibility index (Phi) is 5.81. The molecule has 0 radical (unpaired) electrons. The van der Waals surface area contributed by atoms with E-state index >= 15 is 0 Å². The van der Waals surface area contributed by atoms with Crippen LogP contribution in [0.25, 0.3) is 0 Å². The highest BCUT2D eigenvalue weighted by Crippen LogP contribution is 2.19. The van der Waals surface area contributed by atoms with Crippen molar-refractivity contribution in [2.45, 2.75) is 46.1 Å². The summed E-state index contributed by atoms with van der Waals surface area (Å²) in [6.07, 6.45) is 3.24. The van der Waals surface area contributed by atoms with Crippen LogP contribution < -0.4 is 10.6 Å². The van der Waals surface area contributed by atoms with E-state index in [-0.39, 0.29) is 18.0 Å². The average Bonchev–Trinajstić information content (AvgIpc) is 3.20. The normalized spacial score (nSPS) is 20.7. The topological polar surface area (TPSA) is 64.7 Å². The van der Waals surface area contributed by atoms with Crippen molar-refractivity contribution in [1.82, 2.24) is 20.4 Å². The SMILES string of the molecule is CC(C)(C)CCN1CCN(CC(=O)NC(=O)NC2CC2)CC1. The van der Waals surface area contributed by atoms with Gasteiger partial charge in [-0.05, 0) is 31.2 Å². The van der Waals surface area contributed by atoms with Crippen LogP contribution in [0.4, 0.5) is 4.79 Å². The van der Waals surface area contributed by atoms with Gasteiger partial charge in [0, 0.05) is 32.2 Å². The first-order chi connectivity index (χ1) is 10.3. The van der Waals surface area contributed by atoms with E-state index in [0.29, 0.717) is 12.0 Å². The summed E-state index contributed by atoms with van der Waals surface area (Å²) in [5, 5.41) is 5.17. The van der Waals surface area contributed by atoms with Gasteiger partial charge in [0.15, 0.2) is 0 Å². The summed E-state index contributed by atoms with van der Waals surface area (Å²) < 4.78 is 0. The summed E-state index contributed by atoms with van der Waals surface area (Å²) >= 11 is 0. The molecule has 0 atom stereocenters. The van der Waals surface area contributed by atoms with Crippen molar-refractivity contribution in [2.24, 2.45) is 5.41 Å². The van der Waals surface area contributed by atoms with E-state index in [1.807, 2.05) is 0 Å². The number of hydrogen-bond donors (Lipinski definition) is 2. The monoisotopic (exact) mass is 310 g/mol. The van der Waals surface area contributed by atoms with Crippen molar-refractivity contribution < 1.29 is 9.59 Å². The second-order valence-corrected chi connectivity index (χ2v) is 7.72. The fourth-order valence-electron chi connectivity index (χ4n) is 2.48. The number of nitrogens with one attached hydrogen (secondary N) is 2. The lowest BCUT2D eigenvalue weighted by Crippen LogP contribution is -2.51. The van der Waals surface area contributed by atoms with Crippen molar-refractivity contribution in [3.8, 4) is 0 Å². The summed E-state index contributed by atoms with van der Waals surface area (Å²) in [7, 11) is 0. The van der Waals surface area contributed by atoms with E-state index < -0.39 is 0 Å². The Morgan fingerprint density at radius 2 is 1.64 bits per heavy atom. The molecule has 1 heterocycles. The Labute approximate surface area is 133 Å². The fraction of sp³-hybridized carbons (Fsp3) is 0.875. The van der Waals surface area contributed by atoms with Crippen LogP contribution in [0.1, 0.15) is 40.0 Å². The number of nitrogens with zero attached hydrogens (tertiary/aromatic N) is 2. The molecule has 1 saturated heterocycles. The standard InChI is InChI=1S/C16H30N4O2/c1-16(2,3)6-7-19-8-10-20(11-9-19)12-14(21)18-15(22)17-13-4-5-13/h13H,4-12H2,1-3H3,(H2,17,18,21,22). The number of carbonyl (C=O) groups is 2. The van der Waals surface area contributed by atoms with Crippen molar-refractivity contribution in [1.29, 1.82) is 0 Å². The first-order valence-electron chi connectivity index (χ1n) is 8.37. The molecule has 1 aliphatic heterocycles. The predicted molar refractivity (Wildman–Crippen MR) is 86.6 cm³/mol. The quantitative estimate of drug-likeness (QED) is 0.796. The molecule has 0 bridgehead atoms. The molecule has 6 heteroatoms. The van der Waals surface area contributed by atoms with Gasteiger partial charge in [-0.15, -0.1) is 0 Å². The minimum Gasteiger partial charge on any atom is -0.335 e. The van der Waals surface area contributed by atoms with Crippen molar-refractivity contribution in [3.63, 3.8) is 0 Å². The molecule has 6 nitrogen and oxygen atoms in total. The van der Waals surface area contributed by atoms with Gasteiger partial charge in [0.2, 0.25) is 5.91 Å². The molecular weight excluding hydrogens is 280 g/mol. The van der Waals surface area contributed by atoms with E-state index in [1.54, 1.807) is 0 Å². The van der Waals surface area contributed by atoms with Crippen LogP contribution in [0.15, 0.2) is 0 Å². The molecule has 2 rings (SSSR count). The zero-order chi connectivity index (χ0) is 16.2. The molecule has 2 aliphatic rings. The summed E-state index contributed by atoms with van der Waals surface area (Å²) in [5.74, 6) is -0.207. The third kappa shape index (κ3) is 6.75. The van der Waals surface area contributed by atoms with Gasteiger partial charge in [-0.25, -0.2) is 4.79 Å². The highest BCUT2D eigenvalue weighted by molar-refractivity contribution is 5.95. The zero-order valence-electron chi connectivity index (χ0n) is 14.2. The van der Waals surface area contributed by atoms with Crippen LogP contribution in [0, 0.1) is 5.41 Å². The Balaban J connectivity index is 1.60. The fourth-order valence-corrected chi connectivity index (χ4v) is 2.48. The zero-order valence-corrected chi connectivity index (χ0v) is 14.2. The Morgan fingerprint density at radius 1 is 1.05 bits per heavy atom. The first-order valence-corrected chi connectivity index (χ1v) is 8.37. The molecule has 1 saturated carbocycles. The second kappa shape index (κ2) is 7.42. The maximum absolute atomic E-state index is 11.8. The van der Waals surface area contributed by atoms with Crippen molar-refractivity contribution >= 4 is 11.9 Å². The van der Waals surface area contributed by atoms with Gasteiger partial charge in [0.05, 0.1) is 6.54 Å². The van der Waals surface area contributed by atoms with E-state index in [9.17, 15) is 9.59 Å². The molecule has 0 spiro atoms. The molecule has 126 valence electrons. The molecule has 2 N–H and O–H groups in total. The highest BCUT2D eigenvalue weighted by Gasteiger charge is 2.25. The largest absolute Gasteiger partial charge is 0.335 e. The van der Waals surface area contributed by atoms with Gasteiger partial charge in [-0.2, -0.15) is 0 Å². The van der Waals surface area contributed by atoms with E-state index in [0.717, 1.165) is 45.6 Å². The lowest BCUT2D eigenvalue weighted by molar-refractivity contribution is -0.121. The van der Waals surface area contributed by atoms with Crippen LogP contribution in [0.2, 0.25) is 0 Å². The van der Waals surface area contributed by atoms with Crippen LogP contribution in [-0.2, 0) is 4.79 Å². The third-order valence-corrected chi connectivity index (χ3v) is 4.18. The molecular formula is C16H30N4O2. The summed E-state index contributed by atoms with van der Waals surface area (Å²) in [6, 6.07) is -0.0736. The van der Waals surface area contributed by atoms with Gasteiger partial charge in [0.25, 0.3) is 0 Å². The molecule has 0 aromatic carbocycles. The first kappa shape index (κ1) is 17.2. The molecule has 0 aromatic rings. The number of amides is 3. The number of imide groups is 1. The van der Waals surface area contributed by atoms with Crippen molar-refractivity contribution in [2.75, 3.05) is 39.3 Å². The summed E-state index contributed by atoms with van der Waals surface area (Å²) in [4.78, 5) is 27.9. The molecule has 0 aromatic heterocycles. The molecule has 22 heavy (non-hydrogen) atoms. The molecule has 1 aliphatic carbocycles. The lowest BCUT2D eigenvalue weighted by Gasteiger charge is -2.35.